The minimum Gasteiger partial charge on any atom is -0.207 e. The van der Waals surface area contributed by atoms with Crippen molar-refractivity contribution in [1.29, 1.82) is 0 Å². The van der Waals surface area contributed by atoms with Crippen molar-refractivity contribution in [2.75, 3.05) is 0 Å². The van der Waals surface area contributed by atoms with Gasteiger partial charge in [-0.1, -0.05) is 31.9 Å². The van der Waals surface area contributed by atoms with E-state index in [1.54, 1.807) is 0 Å². The first-order chi connectivity index (χ1) is 8.15. The maximum Gasteiger partial charge on any atom is 0.123 e. The summed E-state index contributed by atoms with van der Waals surface area (Å²) in [6, 6.07) is 6.72. The minimum absolute atomic E-state index is 0.175. The lowest BCUT2D eigenvalue weighted by atomic mass is 9.80. The molecule has 0 nitrogen and oxygen atoms in total. The molecule has 1 fully saturated rings. The van der Waals surface area contributed by atoms with Gasteiger partial charge in [-0.25, -0.2) is 4.39 Å². The second kappa shape index (κ2) is 5.86. The van der Waals surface area contributed by atoms with Crippen molar-refractivity contribution in [2.45, 2.75) is 44.4 Å². The fourth-order valence-corrected chi connectivity index (χ4v) is 3.09. The smallest absolute Gasteiger partial charge is 0.123 e. The lowest BCUT2D eigenvalue weighted by Crippen LogP contribution is -2.22. The Hall–Kier alpha value is -0.560. The molecule has 0 saturated heterocycles. The zero-order chi connectivity index (χ0) is 12.3. The van der Waals surface area contributed by atoms with Gasteiger partial charge in [0.1, 0.15) is 5.82 Å². The van der Waals surface area contributed by atoms with Crippen LogP contribution in [0.3, 0.4) is 0 Å². The zero-order valence-corrected chi connectivity index (χ0v) is 11.1. The molecular weight excluding hydrogens is 235 g/mol. The molecule has 0 radical (unpaired) electrons. The fourth-order valence-electron chi connectivity index (χ4n) is 2.66. The number of hydrogen-bond donors (Lipinski definition) is 0. The Bertz CT molecular complexity index is 338. The van der Waals surface area contributed by atoms with Crippen molar-refractivity contribution in [3.63, 3.8) is 0 Å². The molecule has 0 aliphatic heterocycles. The van der Waals surface area contributed by atoms with Gasteiger partial charge >= 0.3 is 0 Å². The Morgan fingerprint density at radius 2 is 1.76 bits per heavy atom. The van der Waals surface area contributed by atoms with E-state index in [0.29, 0.717) is 5.92 Å². The van der Waals surface area contributed by atoms with Crippen LogP contribution < -0.4 is 0 Å². The average molecular weight is 255 g/mol. The van der Waals surface area contributed by atoms with Crippen LogP contribution in [-0.4, -0.2) is 5.38 Å². The van der Waals surface area contributed by atoms with Crippen molar-refractivity contribution in [1.82, 2.24) is 0 Å². The fraction of sp³-hybridized carbons (Fsp3) is 0.600. The van der Waals surface area contributed by atoms with Crippen molar-refractivity contribution >= 4 is 11.6 Å². The average Bonchev–Trinajstić information content (AvgIpc) is 2.33. The summed E-state index contributed by atoms with van der Waals surface area (Å²) in [6.45, 7) is 2.32. The third-order valence-electron chi connectivity index (χ3n) is 3.92. The number of rotatable bonds is 3. The van der Waals surface area contributed by atoms with Gasteiger partial charge < -0.3 is 0 Å². The predicted molar refractivity (Wildman–Crippen MR) is 70.9 cm³/mol. The van der Waals surface area contributed by atoms with Gasteiger partial charge in [-0.15, -0.1) is 11.6 Å². The van der Waals surface area contributed by atoms with Crippen LogP contribution in [0.1, 0.15) is 38.2 Å². The van der Waals surface area contributed by atoms with Gasteiger partial charge in [-0.2, -0.15) is 0 Å². The molecule has 1 aromatic carbocycles. The molecule has 1 unspecified atom stereocenters. The minimum atomic E-state index is -0.175. The SMILES string of the molecule is CC1CCC(C(Cl)Cc2ccc(F)cc2)CC1. The molecule has 1 aliphatic rings. The highest BCUT2D eigenvalue weighted by atomic mass is 35.5. The Balaban J connectivity index is 1.88. The molecule has 1 saturated carbocycles. The summed E-state index contributed by atoms with van der Waals surface area (Å²) in [7, 11) is 0. The van der Waals surface area contributed by atoms with E-state index < -0.39 is 0 Å². The monoisotopic (exact) mass is 254 g/mol. The highest BCUT2D eigenvalue weighted by Crippen LogP contribution is 2.33. The predicted octanol–water partition coefficient (Wildman–Crippen LogP) is 4.80. The Morgan fingerprint density at radius 1 is 1.18 bits per heavy atom. The number of halogens is 2. The van der Waals surface area contributed by atoms with E-state index in [0.717, 1.165) is 17.9 Å². The summed E-state index contributed by atoms with van der Waals surface area (Å²) < 4.78 is 12.8. The van der Waals surface area contributed by atoms with E-state index in [4.69, 9.17) is 11.6 Å². The second-order valence-electron chi connectivity index (χ2n) is 5.37. The van der Waals surface area contributed by atoms with Crippen LogP contribution in [0.4, 0.5) is 4.39 Å². The lowest BCUT2D eigenvalue weighted by molar-refractivity contribution is 0.281. The number of alkyl halides is 1. The van der Waals surface area contributed by atoms with Gasteiger partial charge in [-0.3, -0.25) is 0 Å². The molecule has 0 heterocycles. The van der Waals surface area contributed by atoms with Gasteiger partial charge in [0.2, 0.25) is 0 Å². The summed E-state index contributed by atoms with van der Waals surface area (Å²) in [4.78, 5) is 0. The Labute approximate surface area is 108 Å². The lowest BCUT2D eigenvalue weighted by Gasteiger charge is -2.29. The van der Waals surface area contributed by atoms with Crippen LogP contribution in [0.15, 0.2) is 24.3 Å². The summed E-state index contributed by atoms with van der Waals surface area (Å²) >= 11 is 6.49. The van der Waals surface area contributed by atoms with Gasteiger partial charge in [0.15, 0.2) is 0 Å². The molecule has 0 spiro atoms. The van der Waals surface area contributed by atoms with E-state index in [1.807, 2.05) is 12.1 Å². The number of benzene rings is 1. The Morgan fingerprint density at radius 3 is 2.35 bits per heavy atom. The number of hydrogen-bond acceptors (Lipinski definition) is 0. The van der Waals surface area contributed by atoms with E-state index in [2.05, 4.69) is 6.92 Å². The third kappa shape index (κ3) is 3.70. The normalized spacial score (nSPS) is 26.8. The van der Waals surface area contributed by atoms with E-state index in [9.17, 15) is 4.39 Å². The highest BCUT2D eigenvalue weighted by molar-refractivity contribution is 6.20. The maximum atomic E-state index is 12.8. The third-order valence-corrected chi connectivity index (χ3v) is 4.43. The largest absolute Gasteiger partial charge is 0.207 e. The van der Waals surface area contributed by atoms with Crippen LogP contribution in [0, 0.1) is 17.7 Å². The first kappa shape index (κ1) is 12.9. The van der Waals surface area contributed by atoms with Crippen LogP contribution >= 0.6 is 11.6 Å². The zero-order valence-electron chi connectivity index (χ0n) is 10.3. The van der Waals surface area contributed by atoms with Crippen LogP contribution in [0.2, 0.25) is 0 Å². The molecule has 94 valence electrons. The molecule has 17 heavy (non-hydrogen) atoms. The molecule has 1 aliphatic carbocycles. The molecule has 0 bridgehead atoms. The Kier molecular flexibility index (Phi) is 4.44. The summed E-state index contributed by atoms with van der Waals surface area (Å²) in [6.07, 6.45) is 5.96. The highest BCUT2D eigenvalue weighted by Gasteiger charge is 2.24. The van der Waals surface area contributed by atoms with Crippen molar-refractivity contribution < 1.29 is 4.39 Å². The first-order valence-corrected chi connectivity index (χ1v) is 6.97. The molecular formula is C15H20ClF. The quantitative estimate of drug-likeness (QED) is 0.680. The molecule has 0 aromatic heterocycles. The summed E-state index contributed by atoms with van der Waals surface area (Å²) in [5.41, 5.74) is 1.14. The van der Waals surface area contributed by atoms with E-state index in [1.165, 1.54) is 37.8 Å². The van der Waals surface area contributed by atoms with E-state index in [-0.39, 0.29) is 11.2 Å². The molecule has 1 atom stereocenters. The van der Waals surface area contributed by atoms with Gasteiger partial charge in [0.25, 0.3) is 0 Å². The summed E-state index contributed by atoms with van der Waals surface area (Å²) in [5.74, 6) is 1.32. The van der Waals surface area contributed by atoms with Crippen molar-refractivity contribution in [2.24, 2.45) is 11.8 Å². The second-order valence-corrected chi connectivity index (χ2v) is 5.93. The molecule has 0 amide bonds. The van der Waals surface area contributed by atoms with Gasteiger partial charge in [-0.05, 0) is 48.8 Å². The van der Waals surface area contributed by atoms with E-state index >= 15 is 0 Å². The van der Waals surface area contributed by atoms with Crippen molar-refractivity contribution in [3.8, 4) is 0 Å². The summed E-state index contributed by atoms with van der Waals surface area (Å²) in [5, 5.41) is 0.202. The topological polar surface area (TPSA) is 0 Å². The maximum absolute atomic E-state index is 12.8. The van der Waals surface area contributed by atoms with Gasteiger partial charge in [0, 0.05) is 5.38 Å². The molecule has 2 rings (SSSR count). The first-order valence-electron chi connectivity index (χ1n) is 6.53. The van der Waals surface area contributed by atoms with Gasteiger partial charge in [0.05, 0.1) is 0 Å². The van der Waals surface area contributed by atoms with Crippen LogP contribution in [-0.2, 0) is 6.42 Å². The van der Waals surface area contributed by atoms with Crippen LogP contribution in [0.25, 0.3) is 0 Å². The molecule has 2 heteroatoms. The standard InChI is InChI=1S/C15H20ClF/c1-11-2-6-13(7-3-11)15(16)10-12-4-8-14(17)9-5-12/h4-5,8-9,11,13,15H,2-3,6-7,10H2,1H3. The molecule has 0 N–H and O–H groups in total. The molecule has 1 aromatic rings. The van der Waals surface area contributed by atoms with Crippen molar-refractivity contribution in [3.05, 3.63) is 35.6 Å². The van der Waals surface area contributed by atoms with Crippen LogP contribution in [0.5, 0.6) is 0 Å².